The number of hydrogen-bond donors (Lipinski definition) is 4. The third-order valence-electron chi connectivity index (χ3n) is 11.9. The maximum Gasteiger partial charge on any atom is 0.315 e. The van der Waals surface area contributed by atoms with E-state index in [0.29, 0.717) is 51.2 Å². The van der Waals surface area contributed by atoms with Gasteiger partial charge in [0.1, 0.15) is 12.1 Å². The van der Waals surface area contributed by atoms with Gasteiger partial charge in [0, 0.05) is 25.7 Å². The molecule has 0 aromatic carbocycles. The molecule has 0 unspecified atom stereocenters. The van der Waals surface area contributed by atoms with Gasteiger partial charge in [0.2, 0.25) is 27.6 Å². The van der Waals surface area contributed by atoms with Crippen molar-refractivity contribution < 1.29 is 32.4 Å². The Balaban J connectivity index is 1.32. The average Bonchev–Trinajstić information content (AvgIpc) is 4.03. The molecule has 2 saturated heterocycles. The summed E-state index contributed by atoms with van der Waals surface area (Å²) in [5, 5.41) is 11.6. The van der Waals surface area contributed by atoms with E-state index in [4.69, 9.17) is 0 Å². The van der Waals surface area contributed by atoms with E-state index < -0.39 is 68.6 Å². The maximum atomic E-state index is 14.6. The molecule has 3 saturated carbocycles. The van der Waals surface area contributed by atoms with Gasteiger partial charge in [0.05, 0.1) is 17.3 Å². The largest absolute Gasteiger partial charge is 0.347 e. The van der Waals surface area contributed by atoms with E-state index in [1.165, 1.54) is 0 Å². The smallest absolute Gasteiger partial charge is 0.315 e. The van der Waals surface area contributed by atoms with Crippen molar-refractivity contribution in [2.24, 2.45) is 23.2 Å². The Labute approximate surface area is 311 Å². The fourth-order valence-corrected chi connectivity index (χ4v) is 10.5. The van der Waals surface area contributed by atoms with E-state index in [2.05, 4.69) is 21.3 Å². The quantitative estimate of drug-likeness (QED) is 0.185. The number of rotatable bonds is 15. The number of carbonyl (C=O) groups excluding carboxylic acids is 5. The van der Waals surface area contributed by atoms with Gasteiger partial charge < -0.3 is 26.2 Å². The minimum atomic E-state index is -3.61. The number of hydrogen-bond acceptors (Lipinski definition) is 7. The van der Waals surface area contributed by atoms with Crippen LogP contribution in [0.1, 0.15) is 131 Å². The minimum absolute atomic E-state index is 0.00981. The Morgan fingerprint density at radius 1 is 0.827 bits per heavy atom. The number of Topliss-reactive ketones (excluding diaryl/α,β-unsaturated/α-hetero) is 1. The van der Waals surface area contributed by atoms with Crippen LogP contribution in [0.5, 0.6) is 0 Å². The van der Waals surface area contributed by atoms with Crippen LogP contribution in [0.4, 0.5) is 4.79 Å². The van der Waals surface area contributed by atoms with Gasteiger partial charge in [0.25, 0.3) is 5.91 Å². The molecule has 2 aliphatic heterocycles. The first-order valence-corrected chi connectivity index (χ1v) is 21.6. The molecule has 294 valence electrons. The summed E-state index contributed by atoms with van der Waals surface area (Å²) in [7, 11) is -3.61. The van der Waals surface area contributed by atoms with Crippen molar-refractivity contribution in [2.75, 3.05) is 25.4 Å². The first-order valence-electron chi connectivity index (χ1n) is 20.0. The first-order chi connectivity index (χ1) is 24.5. The van der Waals surface area contributed by atoms with Crippen LogP contribution in [0.3, 0.4) is 0 Å². The summed E-state index contributed by atoms with van der Waals surface area (Å²) in [5.74, 6) is -2.02. The van der Waals surface area contributed by atoms with Crippen molar-refractivity contribution >= 4 is 39.6 Å². The van der Waals surface area contributed by atoms with Gasteiger partial charge in [-0.1, -0.05) is 73.1 Å². The molecular formula is C38H64N6O7S. The molecule has 4 atom stereocenters. The Morgan fingerprint density at radius 2 is 1.46 bits per heavy atom. The molecule has 4 N–H and O–H groups in total. The molecule has 13 nitrogen and oxygen atoms in total. The number of nitrogens with zero attached hydrogens (tertiary/aromatic N) is 2. The third kappa shape index (κ3) is 10.5. The fourth-order valence-electron chi connectivity index (χ4n) is 8.41. The molecule has 0 spiro atoms. The molecule has 5 rings (SSSR count). The molecule has 0 aromatic rings. The second kappa shape index (κ2) is 16.7. The fraction of sp³-hybridized carbons (Fsp3) is 0.868. The van der Waals surface area contributed by atoms with Gasteiger partial charge >= 0.3 is 6.03 Å². The number of urea groups is 1. The molecule has 2 heterocycles. The van der Waals surface area contributed by atoms with E-state index in [0.717, 1.165) is 70.6 Å². The van der Waals surface area contributed by atoms with Crippen molar-refractivity contribution in [3.05, 3.63) is 0 Å². The molecule has 0 bridgehead atoms. The van der Waals surface area contributed by atoms with Crippen molar-refractivity contribution in [3.63, 3.8) is 0 Å². The lowest BCUT2D eigenvalue weighted by atomic mass is 9.83. The molecule has 5 amide bonds. The highest BCUT2D eigenvalue weighted by molar-refractivity contribution is 7.89. The standard InChI is InChI=1S/C38H64N6O7S/c1-25(2)28-18-23-44(30(28)33(46)40-29(17-14-26-12-13-26)31(45)34(47)39-27-15-16-27)35(48)32(37(3,4)5)41-36(49)42-38(19-8-6-9-20-38)24-52(50,51)43-21-10-7-11-22-43/h25-30,32H,6-24H2,1-5H3,(H,39,47)(H,40,46)(H2,41,42,49)/t28-,29+,30+,32-/m1/s1. The summed E-state index contributed by atoms with van der Waals surface area (Å²) in [6.07, 6.45) is 11.8. The highest BCUT2D eigenvalue weighted by atomic mass is 32.2. The van der Waals surface area contributed by atoms with Gasteiger partial charge in [-0.2, -0.15) is 0 Å². The monoisotopic (exact) mass is 748 g/mol. The summed E-state index contributed by atoms with van der Waals surface area (Å²) >= 11 is 0. The lowest BCUT2D eigenvalue weighted by Crippen LogP contribution is -2.64. The Morgan fingerprint density at radius 3 is 2.04 bits per heavy atom. The van der Waals surface area contributed by atoms with Gasteiger partial charge in [-0.3, -0.25) is 19.2 Å². The number of likely N-dealkylation sites (tertiary alicyclic amines) is 1. The summed E-state index contributed by atoms with van der Waals surface area (Å²) < 4.78 is 28.7. The lowest BCUT2D eigenvalue weighted by molar-refractivity contribution is -0.145. The van der Waals surface area contributed by atoms with E-state index in [9.17, 15) is 32.4 Å². The predicted octanol–water partition coefficient (Wildman–Crippen LogP) is 3.61. The Kier molecular flexibility index (Phi) is 13.0. The molecule has 52 heavy (non-hydrogen) atoms. The average molecular weight is 749 g/mol. The summed E-state index contributed by atoms with van der Waals surface area (Å²) in [4.78, 5) is 70.4. The van der Waals surface area contributed by atoms with Gasteiger partial charge in [-0.05, 0) is 81.0 Å². The molecule has 0 radical (unpaired) electrons. The first kappa shape index (κ1) is 40.4. The van der Waals surface area contributed by atoms with Crippen molar-refractivity contribution in [1.29, 1.82) is 0 Å². The van der Waals surface area contributed by atoms with Crippen molar-refractivity contribution in [1.82, 2.24) is 30.5 Å². The zero-order valence-corrected chi connectivity index (χ0v) is 33.0. The van der Waals surface area contributed by atoms with Crippen LogP contribution in [0.2, 0.25) is 0 Å². The summed E-state index contributed by atoms with van der Waals surface area (Å²) in [6.45, 7) is 10.9. The Bertz CT molecular complexity index is 1430. The third-order valence-corrected chi connectivity index (χ3v) is 14.0. The Hall–Kier alpha value is -2.74. The van der Waals surface area contributed by atoms with Crippen LogP contribution in [0, 0.1) is 23.2 Å². The maximum absolute atomic E-state index is 14.6. The van der Waals surface area contributed by atoms with Crippen LogP contribution in [0.25, 0.3) is 0 Å². The minimum Gasteiger partial charge on any atom is -0.347 e. The highest BCUT2D eigenvalue weighted by Crippen LogP contribution is 2.36. The number of piperidine rings is 1. The van der Waals surface area contributed by atoms with E-state index in [-0.39, 0.29) is 23.6 Å². The SMILES string of the molecule is CC(C)[C@H]1CCN(C(=O)[C@@H](NC(=O)NC2(CS(=O)(=O)N3CCCCC3)CCCCC2)C(C)(C)C)[C@@H]1C(=O)N[C@@H](CCC1CC1)C(=O)C(=O)NC1CC1. The lowest BCUT2D eigenvalue weighted by Gasteiger charge is -2.41. The zero-order valence-electron chi connectivity index (χ0n) is 32.1. The number of amides is 5. The second-order valence-electron chi connectivity index (χ2n) is 17.8. The van der Waals surface area contributed by atoms with Crippen LogP contribution < -0.4 is 21.3 Å². The molecule has 5 aliphatic rings. The van der Waals surface area contributed by atoms with E-state index in [1.807, 2.05) is 34.6 Å². The van der Waals surface area contributed by atoms with Crippen molar-refractivity contribution in [3.8, 4) is 0 Å². The van der Waals surface area contributed by atoms with Gasteiger partial charge in [-0.25, -0.2) is 17.5 Å². The number of ketones is 1. The zero-order chi connectivity index (χ0) is 37.8. The topological polar surface area (TPSA) is 174 Å². The van der Waals surface area contributed by atoms with E-state index in [1.54, 1.807) is 9.21 Å². The molecule has 3 aliphatic carbocycles. The van der Waals surface area contributed by atoms with Crippen LogP contribution in [-0.2, 0) is 29.2 Å². The van der Waals surface area contributed by atoms with Crippen molar-refractivity contribution in [2.45, 2.75) is 161 Å². The molecular weight excluding hydrogens is 685 g/mol. The number of sulfonamides is 1. The highest BCUT2D eigenvalue weighted by Gasteiger charge is 2.49. The van der Waals surface area contributed by atoms with Gasteiger partial charge in [0.15, 0.2) is 0 Å². The van der Waals surface area contributed by atoms with E-state index >= 15 is 0 Å². The van der Waals surface area contributed by atoms with Crippen LogP contribution in [-0.4, -0.2) is 102 Å². The predicted molar refractivity (Wildman–Crippen MR) is 198 cm³/mol. The summed E-state index contributed by atoms with van der Waals surface area (Å²) in [6, 6.07) is -3.48. The molecule has 14 heteroatoms. The number of carbonyl (C=O) groups is 5. The van der Waals surface area contributed by atoms with Gasteiger partial charge in [-0.15, -0.1) is 0 Å². The van der Waals surface area contributed by atoms with Crippen LogP contribution in [0.15, 0.2) is 0 Å². The summed E-state index contributed by atoms with van der Waals surface area (Å²) in [5.41, 5.74) is -1.70. The van der Waals surface area contributed by atoms with Crippen LogP contribution >= 0.6 is 0 Å². The normalized spacial score (nSPS) is 25.2. The number of nitrogens with one attached hydrogen (secondary N) is 4. The second-order valence-corrected chi connectivity index (χ2v) is 19.8. The molecule has 5 fully saturated rings. The molecule has 0 aromatic heterocycles.